The van der Waals surface area contributed by atoms with Crippen molar-refractivity contribution in [2.45, 2.75) is 5.75 Å². The van der Waals surface area contributed by atoms with Crippen LogP contribution in [0.5, 0.6) is 5.75 Å². The van der Waals surface area contributed by atoms with Crippen LogP contribution in [0, 0.1) is 0 Å². The van der Waals surface area contributed by atoms with E-state index in [2.05, 4.69) is 5.10 Å². The molecule has 0 aliphatic rings. The van der Waals surface area contributed by atoms with Gasteiger partial charge in [-0.15, -0.1) is 0 Å². The second-order valence-electron chi connectivity index (χ2n) is 2.60. The lowest BCUT2D eigenvalue weighted by atomic mass is 10.2. The van der Waals surface area contributed by atoms with Crippen LogP contribution >= 0.6 is 11.8 Å². The van der Waals surface area contributed by atoms with Gasteiger partial charge < -0.3 is 28.7 Å². The van der Waals surface area contributed by atoms with E-state index in [4.69, 9.17) is 16.3 Å². The Hall–Kier alpha value is -1.07. The lowest BCUT2D eigenvalue weighted by molar-refractivity contribution is -0.00000336. The van der Waals surface area contributed by atoms with Gasteiger partial charge in [0.1, 0.15) is 5.75 Å². The summed E-state index contributed by atoms with van der Waals surface area (Å²) in [5, 5.41) is 3.76. The van der Waals surface area contributed by atoms with E-state index in [9.17, 15) is 0 Å². The molecular formula is C9H13ClN3OS-. The fraction of sp³-hybridized carbons (Fsp3) is 0.222. The Kier molecular flexibility index (Phi) is 6.73. The second kappa shape index (κ2) is 7.25. The minimum atomic E-state index is 0. The Morgan fingerprint density at radius 3 is 2.47 bits per heavy atom. The Morgan fingerprint density at radius 2 is 2.00 bits per heavy atom. The molecule has 4 nitrogen and oxygen atoms in total. The van der Waals surface area contributed by atoms with Crippen molar-refractivity contribution >= 4 is 16.9 Å². The van der Waals surface area contributed by atoms with Crippen LogP contribution in [0.15, 0.2) is 29.4 Å². The highest BCUT2D eigenvalue weighted by atomic mass is 35.5. The molecule has 1 rings (SSSR count). The van der Waals surface area contributed by atoms with E-state index in [1.54, 1.807) is 7.11 Å². The van der Waals surface area contributed by atoms with Crippen LogP contribution in [0.3, 0.4) is 0 Å². The molecule has 0 fully saturated rings. The lowest BCUT2D eigenvalue weighted by Crippen LogP contribution is -3.00. The summed E-state index contributed by atoms with van der Waals surface area (Å²) in [6, 6.07) is 7.78. The van der Waals surface area contributed by atoms with Gasteiger partial charge in [0.2, 0.25) is 0 Å². The molecule has 0 aliphatic heterocycles. The number of methoxy groups -OCH3 is 1. The third kappa shape index (κ3) is 4.80. The van der Waals surface area contributed by atoms with Crippen molar-refractivity contribution in [2.75, 3.05) is 7.11 Å². The number of amidine groups is 1. The monoisotopic (exact) mass is 246 g/mol. The predicted molar refractivity (Wildman–Crippen MR) is 60.1 cm³/mol. The summed E-state index contributed by atoms with van der Waals surface area (Å²) in [5.41, 5.74) is 6.60. The molecule has 0 aliphatic carbocycles. The van der Waals surface area contributed by atoms with Crippen molar-refractivity contribution in [2.24, 2.45) is 16.7 Å². The van der Waals surface area contributed by atoms with Crippen LogP contribution in [0.2, 0.25) is 0 Å². The molecule has 4 N–H and O–H groups in total. The molecular weight excluding hydrogens is 234 g/mol. The maximum Gasteiger partial charge on any atom is 0.177 e. The lowest BCUT2D eigenvalue weighted by Gasteiger charge is -2.02. The van der Waals surface area contributed by atoms with E-state index < -0.39 is 0 Å². The van der Waals surface area contributed by atoms with Crippen molar-refractivity contribution in [1.82, 2.24) is 0 Å². The van der Waals surface area contributed by atoms with Crippen molar-refractivity contribution in [3.8, 4) is 5.75 Å². The minimum absolute atomic E-state index is 0. The van der Waals surface area contributed by atoms with Gasteiger partial charge in [-0.2, -0.15) is 5.10 Å². The van der Waals surface area contributed by atoms with Gasteiger partial charge in [-0.3, -0.25) is 0 Å². The summed E-state index contributed by atoms with van der Waals surface area (Å²) in [6.07, 6.45) is 0. The number of halogens is 1. The van der Waals surface area contributed by atoms with Crippen molar-refractivity contribution in [1.29, 1.82) is 0 Å². The summed E-state index contributed by atoms with van der Waals surface area (Å²) >= 11 is 1.40. The van der Waals surface area contributed by atoms with E-state index >= 15 is 0 Å². The van der Waals surface area contributed by atoms with Gasteiger partial charge in [0.15, 0.2) is 5.17 Å². The van der Waals surface area contributed by atoms with Crippen LogP contribution in [0.1, 0.15) is 5.56 Å². The first-order valence-electron chi connectivity index (χ1n) is 4.05. The first-order valence-corrected chi connectivity index (χ1v) is 5.04. The number of rotatable bonds is 3. The molecule has 0 spiro atoms. The number of nitrogens with two attached hydrogens (primary N) is 2. The van der Waals surface area contributed by atoms with Gasteiger partial charge in [-0.25, -0.2) is 0 Å². The molecule has 0 radical (unpaired) electrons. The van der Waals surface area contributed by atoms with E-state index in [1.165, 1.54) is 11.8 Å². The highest BCUT2D eigenvalue weighted by Gasteiger charge is 1.97. The third-order valence-electron chi connectivity index (χ3n) is 1.67. The molecule has 0 bridgehead atoms. The molecule has 0 saturated heterocycles. The maximum atomic E-state index is 5.44. The molecule has 6 heteroatoms. The summed E-state index contributed by atoms with van der Waals surface area (Å²) in [7, 11) is 1.64. The average Bonchev–Trinajstić information content (AvgIpc) is 2.26. The number of nitrogens with zero attached hydrogens (tertiary/aromatic N) is 1. The molecule has 0 aromatic heterocycles. The van der Waals surface area contributed by atoms with Crippen molar-refractivity contribution in [3.63, 3.8) is 0 Å². The van der Waals surface area contributed by atoms with E-state index in [0.717, 1.165) is 17.1 Å². The normalized spacial score (nSPS) is 10.6. The highest BCUT2D eigenvalue weighted by Crippen LogP contribution is 2.16. The molecule has 1 aromatic carbocycles. The zero-order valence-electron chi connectivity index (χ0n) is 8.31. The Bertz CT molecular complexity index is 316. The van der Waals surface area contributed by atoms with Gasteiger partial charge in [-0.05, 0) is 17.7 Å². The van der Waals surface area contributed by atoms with Crippen molar-refractivity contribution < 1.29 is 17.1 Å². The molecule has 0 amide bonds. The number of benzene rings is 1. The molecule has 0 unspecified atom stereocenters. The summed E-state index contributed by atoms with van der Waals surface area (Å²) in [4.78, 5) is 0. The summed E-state index contributed by atoms with van der Waals surface area (Å²) in [5.74, 6) is 6.61. The molecule has 84 valence electrons. The smallest absolute Gasteiger partial charge is 0.177 e. The van der Waals surface area contributed by atoms with Gasteiger partial charge in [0.05, 0.1) is 7.11 Å². The van der Waals surface area contributed by atoms with Gasteiger partial charge in [-0.1, -0.05) is 23.9 Å². The van der Waals surface area contributed by atoms with Crippen LogP contribution in [-0.4, -0.2) is 12.3 Å². The number of hydrazone groups is 1. The largest absolute Gasteiger partial charge is 1.00 e. The summed E-state index contributed by atoms with van der Waals surface area (Å²) in [6.45, 7) is 0. The predicted octanol–water partition coefficient (Wildman–Crippen LogP) is -1.88. The zero-order valence-corrected chi connectivity index (χ0v) is 9.89. The molecule has 0 saturated carbocycles. The standard InChI is InChI=1S/C9H13N3OS.ClH/c1-13-8-4-2-7(3-5-8)6-14-9(10)12-11;/h2-5H,6,11H2,1H3,(H2,10,12);1H/p-1. The SMILES string of the molecule is COc1ccc(CS/C(N)=N/N)cc1.[Cl-]. The topological polar surface area (TPSA) is 73.6 Å². The molecule has 1 aromatic rings. The fourth-order valence-electron chi connectivity index (χ4n) is 0.916. The first kappa shape index (κ1) is 13.9. The third-order valence-corrected chi connectivity index (χ3v) is 2.55. The fourth-order valence-corrected chi connectivity index (χ4v) is 1.50. The zero-order chi connectivity index (χ0) is 10.4. The Balaban J connectivity index is 0.00000196. The minimum Gasteiger partial charge on any atom is -1.00 e. The van der Waals surface area contributed by atoms with E-state index in [1.807, 2.05) is 24.3 Å². The maximum absolute atomic E-state index is 5.44. The van der Waals surface area contributed by atoms with Crippen LogP contribution in [-0.2, 0) is 5.75 Å². The average molecular weight is 247 g/mol. The van der Waals surface area contributed by atoms with Gasteiger partial charge in [0, 0.05) is 5.75 Å². The first-order chi connectivity index (χ1) is 6.76. The summed E-state index contributed by atoms with van der Waals surface area (Å²) < 4.78 is 5.04. The molecule has 15 heavy (non-hydrogen) atoms. The Labute approximate surface area is 99.5 Å². The van der Waals surface area contributed by atoms with Crippen LogP contribution in [0.4, 0.5) is 0 Å². The number of thioether (sulfide) groups is 1. The highest BCUT2D eigenvalue weighted by molar-refractivity contribution is 8.13. The molecule has 0 atom stereocenters. The quantitative estimate of drug-likeness (QED) is 0.283. The number of hydrogen-bond donors (Lipinski definition) is 2. The molecule has 0 heterocycles. The van der Waals surface area contributed by atoms with Crippen LogP contribution in [0.25, 0.3) is 0 Å². The van der Waals surface area contributed by atoms with Gasteiger partial charge in [0.25, 0.3) is 0 Å². The van der Waals surface area contributed by atoms with E-state index in [0.29, 0.717) is 5.17 Å². The number of ether oxygens (including phenoxy) is 1. The van der Waals surface area contributed by atoms with E-state index in [-0.39, 0.29) is 12.4 Å². The van der Waals surface area contributed by atoms with Crippen molar-refractivity contribution in [3.05, 3.63) is 29.8 Å². The Morgan fingerprint density at radius 1 is 1.40 bits per heavy atom. The van der Waals surface area contributed by atoms with Gasteiger partial charge >= 0.3 is 0 Å². The number of hydrogen-bond acceptors (Lipinski definition) is 4. The van der Waals surface area contributed by atoms with Crippen LogP contribution < -0.4 is 28.7 Å². The second-order valence-corrected chi connectivity index (χ2v) is 3.60.